The minimum atomic E-state index is 0.537. The van der Waals surface area contributed by atoms with Gasteiger partial charge in [0.2, 0.25) is 0 Å². The van der Waals surface area contributed by atoms with Crippen LogP contribution in [-0.4, -0.2) is 24.3 Å². The first-order valence-corrected chi connectivity index (χ1v) is 7.15. The Bertz CT molecular complexity index is 255. The average molecular weight is 223 g/mol. The third kappa shape index (κ3) is 1.91. The van der Waals surface area contributed by atoms with E-state index in [0.717, 1.165) is 17.9 Å². The van der Waals surface area contributed by atoms with Crippen molar-refractivity contribution in [3.05, 3.63) is 0 Å². The Morgan fingerprint density at radius 2 is 1.88 bits per heavy atom. The van der Waals surface area contributed by atoms with E-state index in [2.05, 4.69) is 19.2 Å². The number of fused-ring (bicyclic) bond motifs is 2. The zero-order valence-corrected chi connectivity index (χ0v) is 10.6. The molecule has 0 aromatic heterocycles. The summed E-state index contributed by atoms with van der Waals surface area (Å²) in [6.07, 6.45) is 9.19. The van der Waals surface area contributed by atoms with Crippen LogP contribution in [0.2, 0.25) is 0 Å². The summed E-state index contributed by atoms with van der Waals surface area (Å²) in [4.78, 5) is 0. The average Bonchev–Trinajstić information content (AvgIpc) is 2.86. The van der Waals surface area contributed by atoms with Gasteiger partial charge in [-0.15, -0.1) is 0 Å². The molecule has 1 N–H and O–H groups in total. The molecule has 2 heteroatoms. The second-order valence-corrected chi connectivity index (χ2v) is 6.26. The van der Waals surface area contributed by atoms with E-state index in [1.807, 2.05) is 0 Å². The molecule has 2 heterocycles. The van der Waals surface area contributed by atoms with Crippen molar-refractivity contribution in [2.75, 3.05) is 0 Å². The van der Waals surface area contributed by atoms with Crippen LogP contribution in [0.25, 0.3) is 0 Å². The van der Waals surface area contributed by atoms with Crippen molar-refractivity contribution >= 4 is 0 Å². The first kappa shape index (κ1) is 11.0. The molecule has 0 spiro atoms. The van der Waals surface area contributed by atoms with Crippen LogP contribution < -0.4 is 5.32 Å². The lowest BCUT2D eigenvalue weighted by atomic mass is 9.77. The maximum atomic E-state index is 5.93. The van der Waals surface area contributed by atoms with Gasteiger partial charge in [0, 0.05) is 12.1 Å². The normalized spacial score (nSPS) is 52.1. The number of hydrogen-bond acceptors (Lipinski definition) is 2. The quantitative estimate of drug-likeness (QED) is 0.777. The number of nitrogens with one attached hydrogen (secondary N) is 1. The fourth-order valence-corrected chi connectivity index (χ4v) is 3.91. The van der Waals surface area contributed by atoms with Gasteiger partial charge in [0.1, 0.15) is 0 Å². The number of ether oxygens (including phenoxy) is 1. The van der Waals surface area contributed by atoms with E-state index in [0.29, 0.717) is 18.2 Å². The fraction of sp³-hybridized carbons (Fsp3) is 1.00. The molecular formula is C14H25NO. The molecule has 0 amide bonds. The molecule has 2 nitrogen and oxygen atoms in total. The molecule has 6 unspecified atom stereocenters. The summed E-state index contributed by atoms with van der Waals surface area (Å²) in [5.74, 6) is 1.73. The molecule has 2 bridgehead atoms. The van der Waals surface area contributed by atoms with Crippen LogP contribution in [0.4, 0.5) is 0 Å². The Labute approximate surface area is 99.1 Å². The maximum absolute atomic E-state index is 5.93. The molecule has 1 saturated carbocycles. The van der Waals surface area contributed by atoms with Crippen LogP contribution in [0, 0.1) is 11.8 Å². The first-order chi connectivity index (χ1) is 7.74. The van der Waals surface area contributed by atoms with Gasteiger partial charge in [-0.1, -0.05) is 26.7 Å². The highest BCUT2D eigenvalue weighted by Gasteiger charge is 2.42. The molecular weight excluding hydrogens is 198 g/mol. The zero-order chi connectivity index (χ0) is 11.1. The van der Waals surface area contributed by atoms with Crippen molar-refractivity contribution in [1.29, 1.82) is 0 Å². The smallest absolute Gasteiger partial charge is 0.0733 e. The summed E-state index contributed by atoms with van der Waals surface area (Å²) >= 11 is 0. The molecule has 16 heavy (non-hydrogen) atoms. The summed E-state index contributed by atoms with van der Waals surface area (Å²) in [5.41, 5.74) is 0. The molecule has 3 aliphatic rings. The van der Waals surface area contributed by atoms with Crippen LogP contribution in [0.3, 0.4) is 0 Å². The molecule has 2 aliphatic heterocycles. The van der Waals surface area contributed by atoms with Gasteiger partial charge < -0.3 is 10.1 Å². The van der Waals surface area contributed by atoms with E-state index in [1.54, 1.807) is 0 Å². The standard InChI is InChI=1S/C14H25NO/c1-9-4-3-5-12(10(9)2)15-13-8-11-6-7-14(13)16-11/h9-15H,3-8H2,1-2H3. The second kappa shape index (κ2) is 4.30. The van der Waals surface area contributed by atoms with Gasteiger partial charge in [0.15, 0.2) is 0 Å². The topological polar surface area (TPSA) is 21.3 Å². The molecule has 0 radical (unpaired) electrons. The summed E-state index contributed by atoms with van der Waals surface area (Å²) in [5, 5.41) is 3.90. The highest BCUT2D eigenvalue weighted by Crippen LogP contribution is 2.36. The predicted octanol–water partition coefficient (Wildman–Crippen LogP) is 2.72. The highest BCUT2D eigenvalue weighted by atomic mass is 16.5. The van der Waals surface area contributed by atoms with Crippen LogP contribution in [-0.2, 0) is 4.74 Å². The van der Waals surface area contributed by atoms with Crippen LogP contribution >= 0.6 is 0 Å². The van der Waals surface area contributed by atoms with Gasteiger partial charge in [-0.3, -0.25) is 0 Å². The minimum Gasteiger partial charge on any atom is -0.373 e. The van der Waals surface area contributed by atoms with Gasteiger partial charge in [-0.25, -0.2) is 0 Å². The largest absolute Gasteiger partial charge is 0.373 e. The monoisotopic (exact) mass is 223 g/mol. The lowest BCUT2D eigenvalue weighted by Crippen LogP contribution is -2.49. The van der Waals surface area contributed by atoms with Crippen LogP contribution in [0.5, 0.6) is 0 Å². The van der Waals surface area contributed by atoms with Crippen molar-refractivity contribution in [3.8, 4) is 0 Å². The summed E-state index contributed by atoms with van der Waals surface area (Å²) in [7, 11) is 0. The molecule has 0 aromatic carbocycles. The highest BCUT2D eigenvalue weighted by molar-refractivity contribution is 4.96. The van der Waals surface area contributed by atoms with E-state index < -0.39 is 0 Å². The van der Waals surface area contributed by atoms with Gasteiger partial charge in [0.25, 0.3) is 0 Å². The van der Waals surface area contributed by atoms with Crippen molar-refractivity contribution in [1.82, 2.24) is 5.32 Å². The maximum Gasteiger partial charge on any atom is 0.0733 e. The van der Waals surface area contributed by atoms with E-state index in [9.17, 15) is 0 Å². The number of hydrogen-bond donors (Lipinski definition) is 1. The molecule has 3 fully saturated rings. The van der Waals surface area contributed by atoms with Gasteiger partial charge in [-0.2, -0.15) is 0 Å². The van der Waals surface area contributed by atoms with Gasteiger partial charge in [-0.05, 0) is 37.5 Å². The van der Waals surface area contributed by atoms with E-state index in [-0.39, 0.29) is 0 Å². The van der Waals surface area contributed by atoms with E-state index in [1.165, 1.54) is 38.5 Å². The fourth-order valence-electron chi connectivity index (χ4n) is 3.91. The van der Waals surface area contributed by atoms with Crippen molar-refractivity contribution < 1.29 is 4.74 Å². The Kier molecular flexibility index (Phi) is 2.97. The lowest BCUT2D eigenvalue weighted by Gasteiger charge is -2.37. The van der Waals surface area contributed by atoms with E-state index >= 15 is 0 Å². The number of rotatable bonds is 2. The molecule has 1 aliphatic carbocycles. The van der Waals surface area contributed by atoms with Gasteiger partial charge >= 0.3 is 0 Å². The van der Waals surface area contributed by atoms with Crippen LogP contribution in [0.15, 0.2) is 0 Å². The SMILES string of the molecule is CC1CCCC(NC2CC3CCC2O3)C1C. The third-order valence-electron chi connectivity index (χ3n) is 5.24. The van der Waals surface area contributed by atoms with Crippen molar-refractivity contribution in [2.24, 2.45) is 11.8 Å². The third-order valence-corrected chi connectivity index (χ3v) is 5.24. The molecule has 92 valence electrons. The first-order valence-electron chi connectivity index (χ1n) is 7.15. The Hall–Kier alpha value is -0.0800. The second-order valence-electron chi connectivity index (χ2n) is 6.26. The van der Waals surface area contributed by atoms with E-state index in [4.69, 9.17) is 4.74 Å². The zero-order valence-electron chi connectivity index (χ0n) is 10.6. The molecule has 0 aromatic rings. The predicted molar refractivity (Wildman–Crippen MR) is 65.4 cm³/mol. The summed E-state index contributed by atoms with van der Waals surface area (Å²) in [6.45, 7) is 4.84. The summed E-state index contributed by atoms with van der Waals surface area (Å²) in [6, 6.07) is 1.41. The minimum absolute atomic E-state index is 0.537. The van der Waals surface area contributed by atoms with Crippen molar-refractivity contribution in [2.45, 2.75) is 76.7 Å². The molecule has 2 saturated heterocycles. The Morgan fingerprint density at radius 1 is 1.00 bits per heavy atom. The molecule has 3 rings (SSSR count). The Balaban J connectivity index is 1.58. The summed E-state index contributed by atoms with van der Waals surface area (Å²) < 4.78 is 5.93. The van der Waals surface area contributed by atoms with Crippen molar-refractivity contribution in [3.63, 3.8) is 0 Å². The van der Waals surface area contributed by atoms with Gasteiger partial charge in [0.05, 0.1) is 12.2 Å². The molecule has 6 atom stereocenters. The van der Waals surface area contributed by atoms with Crippen LogP contribution in [0.1, 0.15) is 52.4 Å². The lowest BCUT2D eigenvalue weighted by molar-refractivity contribution is 0.0912. The Morgan fingerprint density at radius 3 is 2.56 bits per heavy atom.